The first-order valence-electron chi connectivity index (χ1n) is 6.19. The smallest absolute Gasteiger partial charge is 0.0431 e. The van der Waals surface area contributed by atoms with Gasteiger partial charge in [0.15, 0.2) is 0 Å². The van der Waals surface area contributed by atoms with E-state index in [2.05, 4.69) is 31.1 Å². The number of rotatable bonds is 5. The first-order chi connectivity index (χ1) is 7.17. The van der Waals surface area contributed by atoms with Gasteiger partial charge in [0.2, 0.25) is 0 Å². The second-order valence-corrected chi connectivity index (χ2v) is 5.00. The van der Waals surface area contributed by atoms with Crippen LogP contribution in [0, 0.1) is 5.92 Å². The molecule has 90 valence electrons. The van der Waals surface area contributed by atoms with Crippen molar-refractivity contribution in [1.82, 2.24) is 10.2 Å². The predicted molar refractivity (Wildman–Crippen MR) is 64.0 cm³/mol. The molecule has 0 aromatic rings. The van der Waals surface area contributed by atoms with Crippen LogP contribution in [0.3, 0.4) is 0 Å². The van der Waals surface area contributed by atoms with Crippen molar-refractivity contribution in [2.24, 2.45) is 5.92 Å². The molecule has 1 aliphatic rings. The summed E-state index contributed by atoms with van der Waals surface area (Å²) in [6.07, 6.45) is 3.38. The highest BCUT2D eigenvalue weighted by atomic mass is 16.2. The lowest BCUT2D eigenvalue weighted by molar-refractivity contribution is 0.106. The minimum atomic E-state index is 0.336. The summed E-state index contributed by atoms with van der Waals surface area (Å²) >= 11 is 0. The zero-order valence-electron chi connectivity index (χ0n) is 10.4. The second kappa shape index (κ2) is 6.46. The Balaban J connectivity index is 2.43. The average Bonchev–Trinajstić information content (AvgIpc) is 2.25. The molecule has 3 nitrogen and oxygen atoms in total. The Kier molecular flexibility index (Phi) is 5.58. The lowest BCUT2D eigenvalue weighted by Crippen LogP contribution is -2.50. The van der Waals surface area contributed by atoms with Crippen molar-refractivity contribution in [3.05, 3.63) is 0 Å². The molecular weight excluding hydrogens is 188 g/mol. The highest BCUT2D eigenvalue weighted by Gasteiger charge is 2.27. The van der Waals surface area contributed by atoms with Gasteiger partial charge >= 0.3 is 0 Å². The van der Waals surface area contributed by atoms with Crippen molar-refractivity contribution in [1.29, 1.82) is 0 Å². The highest BCUT2D eigenvalue weighted by molar-refractivity contribution is 4.84. The molecule has 1 aliphatic heterocycles. The van der Waals surface area contributed by atoms with Gasteiger partial charge in [-0.3, -0.25) is 4.90 Å². The zero-order valence-corrected chi connectivity index (χ0v) is 10.4. The predicted octanol–water partition coefficient (Wildman–Crippen LogP) is 1.08. The molecule has 0 amide bonds. The Morgan fingerprint density at radius 1 is 1.40 bits per heavy atom. The Morgan fingerprint density at radius 2 is 2.13 bits per heavy atom. The van der Waals surface area contributed by atoms with Crippen LogP contribution in [0.15, 0.2) is 0 Å². The summed E-state index contributed by atoms with van der Waals surface area (Å²) in [6, 6.07) is 1.27. The van der Waals surface area contributed by atoms with Gasteiger partial charge < -0.3 is 10.4 Å². The van der Waals surface area contributed by atoms with Crippen LogP contribution < -0.4 is 5.32 Å². The Hall–Kier alpha value is -0.120. The summed E-state index contributed by atoms with van der Waals surface area (Å²) in [6.45, 7) is 7.24. The molecule has 3 heteroatoms. The molecule has 2 N–H and O–H groups in total. The molecule has 1 saturated heterocycles. The van der Waals surface area contributed by atoms with E-state index in [-0.39, 0.29) is 0 Å². The molecule has 2 atom stereocenters. The quantitative estimate of drug-likeness (QED) is 0.719. The molecule has 0 aromatic heterocycles. The van der Waals surface area contributed by atoms with Crippen molar-refractivity contribution in [2.45, 2.75) is 45.2 Å². The van der Waals surface area contributed by atoms with Crippen LogP contribution in [0.5, 0.6) is 0 Å². The van der Waals surface area contributed by atoms with Crippen LogP contribution >= 0.6 is 0 Å². The normalized spacial score (nSPS) is 28.6. The summed E-state index contributed by atoms with van der Waals surface area (Å²) in [5.41, 5.74) is 0. The van der Waals surface area contributed by atoms with E-state index in [1.165, 1.54) is 19.5 Å². The number of likely N-dealkylation sites (tertiary alicyclic amines) is 1. The maximum absolute atomic E-state index is 8.87. The Labute approximate surface area is 93.9 Å². The largest absolute Gasteiger partial charge is 0.396 e. The number of hydrogen-bond acceptors (Lipinski definition) is 3. The van der Waals surface area contributed by atoms with Gasteiger partial charge in [-0.15, -0.1) is 0 Å². The fourth-order valence-electron chi connectivity index (χ4n) is 2.46. The topological polar surface area (TPSA) is 35.5 Å². The van der Waals surface area contributed by atoms with Gasteiger partial charge in [-0.05, 0) is 46.1 Å². The minimum absolute atomic E-state index is 0.336. The number of aliphatic hydroxyl groups is 1. The highest BCUT2D eigenvalue weighted by Crippen LogP contribution is 2.22. The van der Waals surface area contributed by atoms with Crippen LogP contribution in [0.1, 0.15) is 33.1 Å². The number of likely N-dealkylation sites (N-methyl/N-ethyl adjacent to an activating group) is 1. The van der Waals surface area contributed by atoms with Crippen LogP contribution in [0.4, 0.5) is 0 Å². The van der Waals surface area contributed by atoms with E-state index < -0.39 is 0 Å². The molecule has 0 saturated carbocycles. The second-order valence-electron chi connectivity index (χ2n) is 5.00. The molecule has 2 unspecified atom stereocenters. The summed E-state index contributed by atoms with van der Waals surface area (Å²) in [5, 5.41) is 12.3. The van der Waals surface area contributed by atoms with Crippen molar-refractivity contribution >= 4 is 0 Å². The number of hydrogen-bond donors (Lipinski definition) is 2. The number of nitrogens with one attached hydrogen (secondary N) is 1. The number of aliphatic hydroxyl groups excluding tert-OH is 1. The van der Waals surface area contributed by atoms with Crippen LogP contribution in [0.2, 0.25) is 0 Å². The Morgan fingerprint density at radius 3 is 2.67 bits per heavy atom. The monoisotopic (exact) mass is 214 g/mol. The van der Waals surface area contributed by atoms with E-state index in [0.29, 0.717) is 18.7 Å². The van der Waals surface area contributed by atoms with Gasteiger partial charge in [0.1, 0.15) is 0 Å². The molecule has 1 fully saturated rings. The first kappa shape index (κ1) is 12.9. The van der Waals surface area contributed by atoms with Crippen LogP contribution in [-0.2, 0) is 0 Å². The standard InChI is InChI=1S/C12H26N2O/c1-10(2)14-8-11(5-4-6-15)7-12(9-14)13-3/h10-13,15H,4-9H2,1-3H3. The molecular formula is C12H26N2O. The minimum Gasteiger partial charge on any atom is -0.396 e. The van der Waals surface area contributed by atoms with Gasteiger partial charge in [-0.1, -0.05) is 0 Å². The third-order valence-electron chi connectivity index (χ3n) is 3.47. The van der Waals surface area contributed by atoms with Crippen molar-refractivity contribution < 1.29 is 5.11 Å². The molecule has 15 heavy (non-hydrogen) atoms. The number of piperidine rings is 1. The molecule has 0 aliphatic carbocycles. The van der Waals surface area contributed by atoms with Gasteiger partial charge in [0.25, 0.3) is 0 Å². The third-order valence-corrected chi connectivity index (χ3v) is 3.47. The maximum atomic E-state index is 8.87. The lowest BCUT2D eigenvalue weighted by Gasteiger charge is -2.40. The summed E-state index contributed by atoms with van der Waals surface area (Å²) in [7, 11) is 2.05. The summed E-state index contributed by atoms with van der Waals surface area (Å²) < 4.78 is 0. The molecule has 0 aromatic carbocycles. The van der Waals surface area contributed by atoms with E-state index in [1.807, 2.05) is 0 Å². The average molecular weight is 214 g/mol. The van der Waals surface area contributed by atoms with Crippen LogP contribution in [0.25, 0.3) is 0 Å². The molecule has 1 rings (SSSR count). The van der Waals surface area contributed by atoms with Crippen LogP contribution in [-0.4, -0.2) is 48.8 Å². The molecule has 0 spiro atoms. The zero-order chi connectivity index (χ0) is 11.3. The van der Waals surface area contributed by atoms with E-state index >= 15 is 0 Å². The van der Waals surface area contributed by atoms with Gasteiger partial charge in [-0.25, -0.2) is 0 Å². The van der Waals surface area contributed by atoms with Crippen molar-refractivity contribution in [3.8, 4) is 0 Å². The number of nitrogens with zero attached hydrogens (tertiary/aromatic N) is 1. The molecule has 0 bridgehead atoms. The maximum Gasteiger partial charge on any atom is 0.0431 e. The molecule has 1 heterocycles. The first-order valence-corrected chi connectivity index (χ1v) is 6.19. The van der Waals surface area contributed by atoms with E-state index in [0.717, 1.165) is 18.8 Å². The van der Waals surface area contributed by atoms with E-state index in [9.17, 15) is 0 Å². The third kappa shape index (κ3) is 4.09. The van der Waals surface area contributed by atoms with E-state index in [1.54, 1.807) is 0 Å². The summed E-state index contributed by atoms with van der Waals surface area (Å²) in [4.78, 5) is 2.55. The SMILES string of the molecule is CNC1CC(CCCO)CN(C(C)C)C1. The Bertz CT molecular complexity index is 173. The van der Waals surface area contributed by atoms with Gasteiger partial charge in [0.05, 0.1) is 0 Å². The van der Waals surface area contributed by atoms with Gasteiger partial charge in [-0.2, -0.15) is 0 Å². The molecule has 0 radical (unpaired) electrons. The van der Waals surface area contributed by atoms with Gasteiger partial charge in [0, 0.05) is 31.8 Å². The fourth-order valence-corrected chi connectivity index (χ4v) is 2.46. The van der Waals surface area contributed by atoms with E-state index in [4.69, 9.17) is 5.11 Å². The lowest BCUT2D eigenvalue weighted by atomic mass is 9.90. The van der Waals surface area contributed by atoms with Crippen molar-refractivity contribution in [2.75, 3.05) is 26.7 Å². The summed E-state index contributed by atoms with van der Waals surface area (Å²) in [5.74, 6) is 0.755. The van der Waals surface area contributed by atoms with Crippen molar-refractivity contribution in [3.63, 3.8) is 0 Å². The fraction of sp³-hybridized carbons (Fsp3) is 1.00.